The van der Waals surface area contributed by atoms with Crippen molar-refractivity contribution in [3.63, 3.8) is 0 Å². The molecule has 34 heavy (non-hydrogen) atoms. The molecular formula is C25H33N3O6. The standard InChI is InChI=1S/C25H33N3O6/c1-24(2,3)34-23(32)27-13-7-11-19(27)21(30)28-14-8-12-25(28)17-26(22(25)31)15-20(29)33-16-18-9-5-4-6-10-18/h4-6,9-10,19H,7-8,11-17H2,1-3H3/t19-,25+/m0/s1. The van der Waals surface area contributed by atoms with Gasteiger partial charge in [0.05, 0.1) is 6.54 Å². The summed E-state index contributed by atoms with van der Waals surface area (Å²) < 4.78 is 10.8. The van der Waals surface area contributed by atoms with Gasteiger partial charge in [-0.25, -0.2) is 4.79 Å². The second-order valence-electron chi connectivity index (χ2n) is 10.3. The van der Waals surface area contributed by atoms with Crippen LogP contribution in [0.2, 0.25) is 0 Å². The molecule has 184 valence electrons. The molecule has 1 spiro atoms. The molecule has 9 nitrogen and oxygen atoms in total. The predicted octanol–water partition coefficient (Wildman–Crippen LogP) is 2.33. The van der Waals surface area contributed by atoms with Crippen LogP contribution in [-0.4, -0.2) is 81.9 Å². The number of likely N-dealkylation sites (tertiary alicyclic amines) is 3. The zero-order chi connectivity index (χ0) is 24.5. The lowest BCUT2D eigenvalue weighted by Gasteiger charge is -2.51. The Hall–Kier alpha value is -3.10. The van der Waals surface area contributed by atoms with Crippen LogP contribution in [0.25, 0.3) is 0 Å². The lowest BCUT2D eigenvalue weighted by atomic mass is 9.85. The first-order valence-corrected chi connectivity index (χ1v) is 11.9. The van der Waals surface area contributed by atoms with E-state index in [1.165, 1.54) is 9.80 Å². The maximum atomic E-state index is 13.5. The molecule has 2 atom stereocenters. The Morgan fingerprint density at radius 1 is 1.09 bits per heavy atom. The monoisotopic (exact) mass is 471 g/mol. The lowest BCUT2D eigenvalue weighted by molar-refractivity contribution is -0.173. The summed E-state index contributed by atoms with van der Waals surface area (Å²) in [6, 6.07) is 8.72. The second kappa shape index (κ2) is 9.27. The molecule has 0 bridgehead atoms. The van der Waals surface area contributed by atoms with Crippen LogP contribution >= 0.6 is 0 Å². The van der Waals surface area contributed by atoms with Crippen LogP contribution in [-0.2, 0) is 30.5 Å². The molecule has 1 aromatic carbocycles. The van der Waals surface area contributed by atoms with Crippen LogP contribution in [0.1, 0.15) is 52.0 Å². The smallest absolute Gasteiger partial charge is 0.410 e. The molecule has 3 saturated heterocycles. The van der Waals surface area contributed by atoms with Crippen molar-refractivity contribution in [1.82, 2.24) is 14.7 Å². The molecule has 0 aliphatic carbocycles. The third kappa shape index (κ3) is 4.74. The Balaban J connectivity index is 1.35. The van der Waals surface area contributed by atoms with E-state index in [0.29, 0.717) is 45.3 Å². The van der Waals surface area contributed by atoms with E-state index in [-0.39, 0.29) is 25.0 Å². The molecule has 4 rings (SSSR count). The summed E-state index contributed by atoms with van der Waals surface area (Å²) in [7, 11) is 0. The number of hydrogen-bond donors (Lipinski definition) is 0. The van der Waals surface area contributed by atoms with E-state index in [1.807, 2.05) is 30.3 Å². The number of carbonyl (C=O) groups excluding carboxylic acids is 4. The summed E-state index contributed by atoms with van der Waals surface area (Å²) in [6.07, 6.45) is 2.03. The van der Waals surface area contributed by atoms with Gasteiger partial charge in [0.25, 0.3) is 5.91 Å². The van der Waals surface area contributed by atoms with Crippen molar-refractivity contribution < 1.29 is 28.7 Å². The molecular weight excluding hydrogens is 438 g/mol. The first-order valence-electron chi connectivity index (χ1n) is 11.9. The van der Waals surface area contributed by atoms with Crippen LogP contribution in [0.5, 0.6) is 0 Å². The third-order valence-corrected chi connectivity index (χ3v) is 6.62. The van der Waals surface area contributed by atoms with E-state index in [1.54, 1.807) is 25.7 Å². The van der Waals surface area contributed by atoms with E-state index in [4.69, 9.17) is 9.47 Å². The van der Waals surface area contributed by atoms with Crippen molar-refractivity contribution in [2.24, 2.45) is 0 Å². The number of esters is 1. The van der Waals surface area contributed by atoms with Gasteiger partial charge in [-0.15, -0.1) is 0 Å². The molecule has 3 aliphatic heterocycles. The highest BCUT2D eigenvalue weighted by molar-refractivity contribution is 6.00. The summed E-state index contributed by atoms with van der Waals surface area (Å²) >= 11 is 0. The molecule has 9 heteroatoms. The molecule has 3 fully saturated rings. The van der Waals surface area contributed by atoms with Gasteiger partial charge < -0.3 is 19.3 Å². The van der Waals surface area contributed by atoms with E-state index in [9.17, 15) is 19.2 Å². The fourth-order valence-electron chi connectivity index (χ4n) is 5.05. The van der Waals surface area contributed by atoms with Crippen molar-refractivity contribution in [3.8, 4) is 0 Å². The average molecular weight is 472 g/mol. The van der Waals surface area contributed by atoms with Gasteiger partial charge in [-0.1, -0.05) is 30.3 Å². The first-order chi connectivity index (χ1) is 16.1. The fraction of sp³-hybridized carbons (Fsp3) is 0.600. The molecule has 3 heterocycles. The Labute approximate surface area is 200 Å². The van der Waals surface area contributed by atoms with Crippen LogP contribution in [0, 0.1) is 0 Å². The number of β-lactam (4-membered cyclic amide) rings is 1. The van der Waals surface area contributed by atoms with Crippen LogP contribution in [0.4, 0.5) is 4.79 Å². The van der Waals surface area contributed by atoms with Gasteiger partial charge >= 0.3 is 12.1 Å². The number of hydrogen-bond acceptors (Lipinski definition) is 6. The van der Waals surface area contributed by atoms with Crippen molar-refractivity contribution in [2.45, 2.75) is 70.2 Å². The van der Waals surface area contributed by atoms with Crippen molar-refractivity contribution in [2.75, 3.05) is 26.2 Å². The highest BCUT2D eigenvalue weighted by atomic mass is 16.6. The minimum Gasteiger partial charge on any atom is -0.459 e. The van der Waals surface area contributed by atoms with E-state index in [0.717, 1.165) is 5.56 Å². The van der Waals surface area contributed by atoms with Gasteiger partial charge in [0.2, 0.25) is 5.91 Å². The molecule has 0 N–H and O–H groups in total. The number of amides is 3. The Morgan fingerprint density at radius 2 is 1.82 bits per heavy atom. The molecule has 1 aromatic rings. The number of rotatable bonds is 5. The molecule has 3 aliphatic rings. The van der Waals surface area contributed by atoms with Gasteiger partial charge in [-0.05, 0) is 52.0 Å². The lowest BCUT2D eigenvalue weighted by Crippen LogP contribution is -2.74. The van der Waals surface area contributed by atoms with E-state index < -0.39 is 29.2 Å². The number of ether oxygens (including phenoxy) is 2. The van der Waals surface area contributed by atoms with Gasteiger partial charge in [0.1, 0.15) is 30.3 Å². The topological polar surface area (TPSA) is 96.5 Å². The predicted molar refractivity (Wildman–Crippen MR) is 122 cm³/mol. The maximum Gasteiger partial charge on any atom is 0.410 e. The third-order valence-electron chi connectivity index (χ3n) is 6.62. The van der Waals surface area contributed by atoms with Gasteiger partial charge in [-0.2, -0.15) is 0 Å². The van der Waals surface area contributed by atoms with Crippen LogP contribution in [0.15, 0.2) is 30.3 Å². The van der Waals surface area contributed by atoms with Crippen LogP contribution in [0.3, 0.4) is 0 Å². The molecule has 0 aromatic heterocycles. The molecule has 3 amide bonds. The zero-order valence-electron chi connectivity index (χ0n) is 20.1. The Bertz CT molecular complexity index is 959. The van der Waals surface area contributed by atoms with Crippen molar-refractivity contribution in [3.05, 3.63) is 35.9 Å². The van der Waals surface area contributed by atoms with E-state index >= 15 is 0 Å². The van der Waals surface area contributed by atoms with Crippen molar-refractivity contribution >= 4 is 23.9 Å². The zero-order valence-corrected chi connectivity index (χ0v) is 20.1. The summed E-state index contributed by atoms with van der Waals surface area (Å²) in [5, 5.41) is 0. The normalized spacial score (nSPS) is 24.4. The summed E-state index contributed by atoms with van der Waals surface area (Å²) in [5.74, 6) is -0.910. The number of nitrogens with zero attached hydrogens (tertiary/aromatic N) is 3. The highest BCUT2D eigenvalue weighted by Crippen LogP contribution is 2.40. The molecule has 0 unspecified atom stereocenters. The van der Waals surface area contributed by atoms with Crippen molar-refractivity contribution in [1.29, 1.82) is 0 Å². The quantitative estimate of drug-likeness (QED) is 0.483. The fourth-order valence-corrected chi connectivity index (χ4v) is 5.05. The number of carbonyl (C=O) groups is 4. The van der Waals surface area contributed by atoms with Gasteiger partial charge in [-0.3, -0.25) is 19.3 Å². The average Bonchev–Trinajstić information content (AvgIpc) is 3.45. The highest BCUT2D eigenvalue weighted by Gasteiger charge is 2.61. The van der Waals surface area contributed by atoms with Gasteiger partial charge in [0, 0.05) is 13.1 Å². The van der Waals surface area contributed by atoms with Gasteiger partial charge in [0.15, 0.2) is 0 Å². The minimum atomic E-state index is -0.918. The summed E-state index contributed by atoms with van der Waals surface area (Å²) in [6.45, 7) is 6.62. The molecule has 0 radical (unpaired) electrons. The Morgan fingerprint density at radius 3 is 2.50 bits per heavy atom. The second-order valence-corrected chi connectivity index (χ2v) is 10.3. The largest absolute Gasteiger partial charge is 0.459 e. The minimum absolute atomic E-state index is 0.136. The number of benzene rings is 1. The SMILES string of the molecule is CC(C)(C)OC(=O)N1CCC[C@H]1C(=O)N1CCC[C@]12CN(CC(=O)OCc1ccccc1)C2=O. The summed E-state index contributed by atoms with van der Waals surface area (Å²) in [5.41, 5.74) is -0.693. The maximum absolute atomic E-state index is 13.5. The molecule has 0 saturated carbocycles. The van der Waals surface area contributed by atoms with E-state index in [2.05, 4.69) is 0 Å². The summed E-state index contributed by atoms with van der Waals surface area (Å²) in [4.78, 5) is 56.1. The first kappa shape index (κ1) is 24.0. The Kier molecular flexibility index (Phi) is 6.55. The van der Waals surface area contributed by atoms with Crippen LogP contribution < -0.4 is 0 Å².